The summed E-state index contributed by atoms with van der Waals surface area (Å²) >= 11 is 3.64. The molecular formula is C42H57BrN2O11. The third-order valence-corrected chi connectivity index (χ3v) is 9.29. The molecule has 1 aliphatic heterocycles. The molecular weight excluding hydrogens is 788 g/mol. The second-order valence-corrected chi connectivity index (χ2v) is 18.9. The maximum Gasteiger partial charge on any atom is 0.311 e. The van der Waals surface area contributed by atoms with E-state index in [4.69, 9.17) is 38.3 Å². The monoisotopic (exact) mass is 844 g/mol. The standard InChI is InChI=1S/C42H57BrN2O11/c1-39(2,3)35(46)51-24-28-30(53-36(47)40(4,5)6)31(54-37(48)41(7,8)9)32(55-38(49)42(10,11)12)34(52-28)56-33-29-26(43)19-16-20-27(29)45(44-33)21-22-50-23-25-17-14-13-15-18-25/h13-20,28,30-32,34H,21-24H2,1-12H3/t28-,30-,31+,32-,34+/m1/s1. The van der Waals surface area contributed by atoms with Crippen LogP contribution in [0.3, 0.4) is 0 Å². The van der Waals surface area contributed by atoms with E-state index in [9.17, 15) is 19.2 Å². The van der Waals surface area contributed by atoms with Gasteiger partial charge in [-0.15, -0.1) is 5.10 Å². The van der Waals surface area contributed by atoms with Crippen LogP contribution >= 0.6 is 15.9 Å². The third kappa shape index (κ3) is 11.5. The van der Waals surface area contributed by atoms with Crippen molar-refractivity contribution < 1.29 is 52.3 Å². The van der Waals surface area contributed by atoms with Crippen LogP contribution in [-0.4, -0.2) is 77.6 Å². The zero-order valence-corrected chi connectivity index (χ0v) is 36.2. The minimum absolute atomic E-state index is 0.105. The van der Waals surface area contributed by atoms with Crippen molar-refractivity contribution in [1.29, 1.82) is 0 Å². The maximum atomic E-state index is 13.7. The molecule has 5 atom stereocenters. The second-order valence-electron chi connectivity index (χ2n) is 18.1. The summed E-state index contributed by atoms with van der Waals surface area (Å²) in [4.78, 5) is 54.0. The minimum atomic E-state index is -1.50. The Morgan fingerprint density at radius 1 is 0.696 bits per heavy atom. The number of benzene rings is 2. The Morgan fingerprint density at radius 3 is 1.79 bits per heavy atom. The zero-order valence-electron chi connectivity index (χ0n) is 34.6. The highest BCUT2D eigenvalue weighted by Crippen LogP contribution is 2.38. The van der Waals surface area contributed by atoms with Gasteiger partial charge in [-0.1, -0.05) is 36.4 Å². The molecule has 0 saturated carbocycles. The molecule has 13 nitrogen and oxygen atoms in total. The zero-order chi connectivity index (χ0) is 41.8. The van der Waals surface area contributed by atoms with E-state index in [0.29, 0.717) is 35.1 Å². The molecule has 2 heterocycles. The molecule has 0 radical (unpaired) electrons. The molecule has 2 aromatic carbocycles. The van der Waals surface area contributed by atoms with Gasteiger partial charge in [-0.2, -0.15) is 0 Å². The molecule has 308 valence electrons. The SMILES string of the molecule is CC(C)(C)C(=O)OC[C@H]1O[C@@H](Oc2nn(CCOCc3ccccc3)c3cccc(Br)c23)[C@H](OC(=O)C(C)(C)C)[C@@H](OC(=O)C(C)(C)C)[C@@H]1OC(=O)C(C)(C)C. The molecule has 3 aromatic rings. The fraction of sp³-hybridized carbons (Fsp3) is 0.595. The van der Waals surface area contributed by atoms with Gasteiger partial charge in [-0.05, 0) is 117 Å². The molecule has 1 aromatic heterocycles. The molecule has 0 bridgehead atoms. The Hall–Kier alpha value is -4.01. The number of ether oxygens (including phenoxy) is 7. The van der Waals surface area contributed by atoms with Gasteiger partial charge in [-0.3, -0.25) is 23.9 Å². The van der Waals surface area contributed by atoms with E-state index in [1.165, 1.54) is 0 Å². The largest absolute Gasteiger partial charge is 0.462 e. The van der Waals surface area contributed by atoms with Crippen LogP contribution in [0.4, 0.5) is 0 Å². The summed E-state index contributed by atoms with van der Waals surface area (Å²) in [5.41, 5.74) is -2.18. The Kier molecular flexibility index (Phi) is 14.1. The van der Waals surface area contributed by atoms with Crippen LogP contribution in [0.5, 0.6) is 5.88 Å². The van der Waals surface area contributed by atoms with E-state index in [-0.39, 0.29) is 5.88 Å². The Balaban J connectivity index is 1.81. The molecule has 4 rings (SSSR count). The number of esters is 4. The van der Waals surface area contributed by atoms with Crippen LogP contribution in [-0.2, 0) is 60.8 Å². The van der Waals surface area contributed by atoms with Crippen molar-refractivity contribution in [3.8, 4) is 5.88 Å². The molecule has 0 spiro atoms. The summed E-state index contributed by atoms with van der Waals surface area (Å²) in [6.45, 7) is 20.8. The van der Waals surface area contributed by atoms with Crippen LogP contribution in [0.25, 0.3) is 10.9 Å². The van der Waals surface area contributed by atoms with Gasteiger partial charge in [0.2, 0.25) is 18.3 Å². The first kappa shape index (κ1) is 44.7. The van der Waals surface area contributed by atoms with Gasteiger partial charge in [0, 0.05) is 4.47 Å². The van der Waals surface area contributed by atoms with E-state index in [0.717, 1.165) is 5.56 Å². The first-order chi connectivity index (χ1) is 25.9. The average molecular weight is 846 g/mol. The van der Waals surface area contributed by atoms with Crippen molar-refractivity contribution in [2.45, 2.75) is 127 Å². The summed E-state index contributed by atoms with van der Waals surface area (Å²) in [6, 6.07) is 15.4. The number of nitrogens with zero attached hydrogens (tertiary/aromatic N) is 2. The van der Waals surface area contributed by atoms with E-state index < -0.39 is 82.8 Å². The Bertz CT molecular complexity index is 1850. The van der Waals surface area contributed by atoms with Crippen LogP contribution in [0, 0.1) is 21.7 Å². The fourth-order valence-corrected chi connectivity index (χ4v) is 5.74. The second kappa shape index (κ2) is 17.6. The number of halogens is 1. The third-order valence-electron chi connectivity index (χ3n) is 8.63. The van der Waals surface area contributed by atoms with Crippen LogP contribution in [0.15, 0.2) is 53.0 Å². The fourth-order valence-electron chi connectivity index (χ4n) is 5.22. The van der Waals surface area contributed by atoms with E-state index >= 15 is 0 Å². The van der Waals surface area contributed by atoms with Gasteiger partial charge in [0.15, 0.2) is 12.2 Å². The van der Waals surface area contributed by atoms with E-state index in [1.54, 1.807) is 87.8 Å². The predicted molar refractivity (Wildman–Crippen MR) is 211 cm³/mol. The number of hydrogen-bond donors (Lipinski definition) is 0. The molecule has 56 heavy (non-hydrogen) atoms. The van der Waals surface area contributed by atoms with Crippen molar-refractivity contribution in [3.63, 3.8) is 0 Å². The molecule has 0 aliphatic carbocycles. The van der Waals surface area contributed by atoms with Gasteiger partial charge in [0.1, 0.15) is 12.7 Å². The van der Waals surface area contributed by atoms with Gasteiger partial charge in [-0.25, -0.2) is 0 Å². The summed E-state index contributed by atoms with van der Waals surface area (Å²) in [5, 5.41) is 5.38. The van der Waals surface area contributed by atoms with Gasteiger partial charge >= 0.3 is 23.9 Å². The lowest BCUT2D eigenvalue weighted by molar-refractivity contribution is -0.294. The lowest BCUT2D eigenvalue weighted by atomic mass is 9.93. The first-order valence-corrected chi connectivity index (χ1v) is 19.6. The molecule has 1 saturated heterocycles. The highest BCUT2D eigenvalue weighted by Gasteiger charge is 2.56. The smallest absolute Gasteiger partial charge is 0.311 e. The van der Waals surface area contributed by atoms with Crippen molar-refractivity contribution in [2.75, 3.05) is 13.2 Å². The van der Waals surface area contributed by atoms with E-state index in [2.05, 4.69) is 15.9 Å². The normalized spacial score (nSPS) is 20.6. The number of rotatable bonds is 12. The maximum absolute atomic E-state index is 13.7. The number of aromatic nitrogens is 2. The quantitative estimate of drug-likeness (QED) is 0.100. The lowest BCUT2D eigenvalue weighted by Gasteiger charge is -2.45. The summed E-state index contributed by atoms with van der Waals surface area (Å²) in [7, 11) is 0. The molecule has 0 N–H and O–H groups in total. The van der Waals surface area contributed by atoms with Crippen molar-refractivity contribution >= 4 is 50.7 Å². The van der Waals surface area contributed by atoms with Crippen LogP contribution < -0.4 is 4.74 Å². The van der Waals surface area contributed by atoms with Gasteiger partial charge in [0.25, 0.3) is 0 Å². The highest BCUT2D eigenvalue weighted by molar-refractivity contribution is 9.10. The number of fused-ring (bicyclic) bond motifs is 1. The molecule has 14 heteroatoms. The Morgan fingerprint density at radius 2 is 1.23 bits per heavy atom. The summed E-state index contributed by atoms with van der Waals surface area (Å²) < 4.78 is 45.5. The first-order valence-electron chi connectivity index (χ1n) is 18.8. The summed E-state index contributed by atoms with van der Waals surface area (Å²) in [6.07, 6.45) is -7.11. The van der Waals surface area contributed by atoms with Crippen LogP contribution in [0.1, 0.15) is 88.6 Å². The molecule has 1 fully saturated rings. The summed E-state index contributed by atoms with van der Waals surface area (Å²) in [5.74, 6) is -2.43. The van der Waals surface area contributed by atoms with Crippen molar-refractivity contribution in [3.05, 3.63) is 58.6 Å². The molecule has 1 aliphatic rings. The Labute approximate surface area is 338 Å². The predicted octanol–water partition coefficient (Wildman–Crippen LogP) is 7.58. The number of carbonyl (C=O) groups is 4. The van der Waals surface area contributed by atoms with E-state index in [1.807, 2.05) is 48.5 Å². The van der Waals surface area contributed by atoms with Crippen LogP contribution in [0.2, 0.25) is 0 Å². The number of carbonyl (C=O) groups excluding carboxylic acids is 4. The average Bonchev–Trinajstić information content (AvgIpc) is 3.44. The minimum Gasteiger partial charge on any atom is -0.462 e. The van der Waals surface area contributed by atoms with Gasteiger partial charge < -0.3 is 33.2 Å². The molecule has 0 amide bonds. The lowest BCUT2D eigenvalue weighted by Crippen LogP contribution is -2.65. The molecule has 0 unspecified atom stereocenters. The van der Waals surface area contributed by atoms with Crippen molar-refractivity contribution in [1.82, 2.24) is 9.78 Å². The van der Waals surface area contributed by atoms with Crippen molar-refractivity contribution in [2.24, 2.45) is 21.7 Å². The number of hydrogen-bond acceptors (Lipinski definition) is 12. The topological polar surface area (TPSA) is 151 Å². The van der Waals surface area contributed by atoms with Gasteiger partial charge in [0.05, 0.1) is 52.3 Å². The highest BCUT2D eigenvalue weighted by atomic mass is 79.9.